The lowest BCUT2D eigenvalue weighted by Crippen LogP contribution is -2.45. The van der Waals surface area contributed by atoms with Gasteiger partial charge in [0.25, 0.3) is 0 Å². The van der Waals surface area contributed by atoms with Crippen molar-refractivity contribution >= 4 is 12.0 Å². The van der Waals surface area contributed by atoms with Crippen LogP contribution >= 0.6 is 0 Å². The minimum absolute atomic E-state index is 0.0344. The minimum atomic E-state index is -0.903. The average molecular weight is 274 g/mol. The topological polar surface area (TPSA) is 96.9 Å². The fourth-order valence-corrected chi connectivity index (χ4v) is 1.73. The zero-order valence-electron chi connectivity index (χ0n) is 11.3. The second-order valence-corrected chi connectivity index (χ2v) is 4.85. The van der Waals surface area contributed by atoms with Crippen molar-refractivity contribution in [1.29, 1.82) is 0 Å². The molecule has 110 valence electrons. The Morgan fingerprint density at radius 2 is 2.05 bits per heavy atom. The summed E-state index contributed by atoms with van der Waals surface area (Å²) in [7, 11) is 0. The van der Waals surface area contributed by atoms with Crippen LogP contribution in [0.5, 0.6) is 0 Å². The molecule has 2 atom stereocenters. The van der Waals surface area contributed by atoms with Gasteiger partial charge in [-0.15, -0.1) is 0 Å². The fraction of sp³-hybridized carbons (Fsp3) is 0.833. The van der Waals surface area contributed by atoms with Gasteiger partial charge in [0.1, 0.15) is 0 Å². The van der Waals surface area contributed by atoms with Gasteiger partial charge in [-0.3, -0.25) is 4.79 Å². The maximum Gasteiger partial charge on any atom is 0.314 e. The SMILES string of the molecule is CC(C)C(CNC(=O)NCC1COCCO1)C(=O)O. The molecule has 19 heavy (non-hydrogen) atoms. The number of carbonyl (C=O) groups is 2. The summed E-state index contributed by atoms with van der Waals surface area (Å²) < 4.78 is 10.6. The van der Waals surface area contributed by atoms with Crippen molar-refractivity contribution in [1.82, 2.24) is 10.6 Å². The summed E-state index contributed by atoms with van der Waals surface area (Å²) in [4.78, 5) is 22.5. The van der Waals surface area contributed by atoms with Crippen molar-refractivity contribution in [2.45, 2.75) is 20.0 Å². The highest BCUT2D eigenvalue weighted by atomic mass is 16.6. The number of ether oxygens (including phenoxy) is 2. The van der Waals surface area contributed by atoms with Crippen LogP contribution in [0.3, 0.4) is 0 Å². The predicted octanol–water partition coefficient (Wildman–Crippen LogP) is 0.0578. The monoisotopic (exact) mass is 274 g/mol. The summed E-state index contributed by atoms with van der Waals surface area (Å²) in [5.74, 6) is -1.52. The minimum Gasteiger partial charge on any atom is -0.481 e. The Balaban J connectivity index is 2.21. The molecule has 7 heteroatoms. The van der Waals surface area contributed by atoms with E-state index in [-0.39, 0.29) is 24.6 Å². The van der Waals surface area contributed by atoms with Crippen LogP contribution in [0.1, 0.15) is 13.8 Å². The molecule has 0 saturated carbocycles. The smallest absolute Gasteiger partial charge is 0.314 e. The molecule has 1 rings (SSSR count). The lowest BCUT2D eigenvalue weighted by atomic mass is 9.96. The third-order valence-electron chi connectivity index (χ3n) is 2.98. The lowest BCUT2D eigenvalue weighted by Gasteiger charge is -2.23. The Kier molecular flexibility index (Phi) is 6.58. The van der Waals surface area contributed by atoms with E-state index in [1.807, 2.05) is 13.8 Å². The molecule has 1 aliphatic heterocycles. The van der Waals surface area contributed by atoms with Gasteiger partial charge >= 0.3 is 12.0 Å². The van der Waals surface area contributed by atoms with Gasteiger partial charge in [0.05, 0.1) is 31.8 Å². The molecule has 0 aromatic rings. The van der Waals surface area contributed by atoms with Crippen molar-refractivity contribution in [3.63, 3.8) is 0 Å². The average Bonchev–Trinajstić information content (AvgIpc) is 2.37. The first-order chi connectivity index (χ1) is 9.00. The molecule has 2 unspecified atom stereocenters. The molecular formula is C12H22N2O5. The van der Waals surface area contributed by atoms with Crippen molar-refractivity contribution in [2.75, 3.05) is 32.9 Å². The van der Waals surface area contributed by atoms with Crippen LogP contribution in [0.15, 0.2) is 0 Å². The van der Waals surface area contributed by atoms with E-state index in [4.69, 9.17) is 14.6 Å². The van der Waals surface area contributed by atoms with Crippen molar-refractivity contribution < 1.29 is 24.2 Å². The van der Waals surface area contributed by atoms with E-state index >= 15 is 0 Å². The first-order valence-corrected chi connectivity index (χ1v) is 6.44. The van der Waals surface area contributed by atoms with Gasteiger partial charge in [0, 0.05) is 13.1 Å². The lowest BCUT2D eigenvalue weighted by molar-refractivity contribution is -0.142. The molecule has 0 aliphatic carbocycles. The van der Waals surface area contributed by atoms with E-state index in [1.165, 1.54) is 0 Å². The number of hydrogen-bond donors (Lipinski definition) is 3. The number of carbonyl (C=O) groups excluding carboxylic acids is 1. The van der Waals surface area contributed by atoms with Crippen LogP contribution < -0.4 is 10.6 Å². The molecule has 1 fully saturated rings. The second kappa shape index (κ2) is 7.96. The van der Waals surface area contributed by atoms with Crippen LogP contribution in [0.4, 0.5) is 4.79 Å². The Hall–Kier alpha value is -1.34. The fourth-order valence-electron chi connectivity index (χ4n) is 1.73. The zero-order valence-corrected chi connectivity index (χ0v) is 11.3. The first-order valence-electron chi connectivity index (χ1n) is 6.44. The zero-order chi connectivity index (χ0) is 14.3. The van der Waals surface area contributed by atoms with Gasteiger partial charge in [-0.25, -0.2) is 4.79 Å². The van der Waals surface area contributed by atoms with Crippen LogP contribution in [0.25, 0.3) is 0 Å². The molecule has 1 saturated heterocycles. The Morgan fingerprint density at radius 3 is 2.58 bits per heavy atom. The number of rotatable bonds is 6. The summed E-state index contributed by atoms with van der Waals surface area (Å²) >= 11 is 0. The molecule has 3 N–H and O–H groups in total. The molecule has 1 aliphatic rings. The van der Waals surface area contributed by atoms with Crippen molar-refractivity contribution in [3.8, 4) is 0 Å². The van der Waals surface area contributed by atoms with Crippen LogP contribution in [-0.2, 0) is 14.3 Å². The van der Waals surface area contributed by atoms with Crippen LogP contribution in [0.2, 0.25) is 0 Å². The number of nitrogens with one attached hydrogen (secondary N) is 2. The highest BCUT2D eigenvalue weighted by Crippen LogP contribution is 2.09. The van der Waals surface area contributed by atoms with E-state index < -0.39 is 11.9 Å². The van der Waals surface area contributed by atoms with E-state index in [0.29, 0.717) is 26.4 Å². The van der Waals surface area contributed by atoms with Gasteiger partial charge < -0.3 is 25.2 Å². The molecule has 2 amide bonds. The molecule has 0 aromatic heterocycles. The third kappa shape index (κ3) is 5.89. The Morgan fingerprint density at radius 1 is 1.32 bits per heavy atom. The molecule has 0 aromatic carbocycles. The van der Waals surface area contributed by atoms with E-state index in [2.05, 4.69) is 10.6 Å². The molecule has 1 heterocycles. The van der Waals surface area contributed by atoms with Gasteiger partial charge in [0.15, 0.2) is 0 Å². The van der Waals surface area contributed by atoms with Gasteiger partial charge in [-0.1, -0.05) is 13.8 Å². The standard InChI is InChI=1S/C12H22N2O5/c1-8(2)10(11(15)16)6-14-12(17)13-5-9-7-18-3-4-19-9/h8-10H,3-7H2,1-2H3,(H,15,16)(H2,13,14,17). The quantitative estimate of drug-likeness (QED) is 0.636. The Labute approximate surface area is 112 Å². The highest BCUT2D eigenvalue weighted by molar-refractivity contribution is 5.75. The first kappa shape index (κ1) is 15.7. The number of hydrogen-bond acceptors (Lipinski definition) is 4. The summed E-state index contributed by atoms with van der Waals surface area (Å²) in [6.45, 7) is 5.66. The molecular weight excluding hydrogens is 252 g/mol. The molecule has 7 nitrogen and oxygen atoms in total. The number of carboxylic acids is 1. The summed E-state index contributed by atoms with van der Waals surface area (Å²) in [5.41, 5.74) is 0. The second-order valence-electron chi connectivity index (χ2n) is 4.85. The summed E-state index contributed by atoms with van der Waals surface area (Å²) in [5, 5.41) is 14.2. The van der Waals surface area contributed by atoms with E-state index in [9.17, 15) is 9.59 Å². The normalized spacial score (nSPS) is 20.9. The molecule has 0 spiro atoms. The van der Waals surface area contributed by atoms with Gasteiger partial charge in [0.2, 0.25) is 0 Å². The summed E-state index contributed by atoms with van der Waals surface area (Å²) in [6, 6.07) is -0.388. The number of carboxylic acid groups (broad SMARTS) is 1. The largest absolute Gasteiger partial charge is 0.481 e. The number of amides is 2. The van der Waals surface area contributed by atoms with E-state index in [0.717, 1.165) is 0 Å². The third-order valence-corrected chi connectivity index (χ3v) is 2.98. The predicted molar refractivity (Wildman–Crippen MR) is 67.9 cm³/mol. The maximum atomic E-state index is 11.5. The molecule has 0 bridgehead atoms. The van der Waals surface area contributed by atoms with Gasteiger partial charge in [-0.2, -0.15) is 0 Å². The Bertz CT molecular complexity index is 302. The molecule has 0 radical (unpaired) electrons. The highest BCUT2D eigenvalue weighted by Gasteiger charge is 2.22. The number of aliphatic carboxylic acids is 1. The van der Waals surface area contributed by atoms with Crippen molar-refractivity contribution in [3.05, 3.63) is 0 Å². The number of urea groups is 1. The van der Waals surface area contributed by atoms with Crippen LogP contribution in [-0.4, -0.2) is 56.1 Å². The van der Waals surface area contributed by atoms with Gasteiger partial charge in [-0.05, 0) is 5.92 Å². The van der Waals surface area contributed by atoms with Crippen LogP contribution in [0, 0.1) is 11.8 Å². The van der Waals surface area contributed by atoms with E-state index in [1.54, 1.807) is 0 Å². The van der Waals surface area contributed by atoms with Crippen molar-refractivity contribution in [2.24, 2.45) is 11.8 Å². The maximum absolute atomic E-state index is 11.5. The summed E-state index contributed by atoms with van der Waals surface area (Å²) in [6.07, 6.45) is -0.139.